The van der Waals surface area contributed by atoms with Gasteiger partial charge < -0.3 is 20.8 Å². The molecule has 12 heteroatoms. The monoisotopic (exact) mass is 542 g/mol. The SMILES string of the molecule is CCNC(=O)c1ccnc(-c2cc(C(=O)NCC)ccn2)c1.O=C(O)c1ccnc(-c2cc(C(=O)O)ccn2)c1. The van der Waals surface area contributed by atoms with Gasteiger partial charge >= 0.3 is 11.9 Å². The first-order valence-electron chi connectivity index (χ1n) is 12.1. The van der Waals surface area contributed by atoms with Crippen molar-refractivity contribution in [1.29, 1.82) is 0 Å². The lowest BCUT2D eigenvalue weighted by Crippen LogP contribution is -2.23. The molecular formula is C28H26N6O6. The highest BCUT2D eigenvalue weighted by Crippen LogP contribution is 2.18. The molecule has 4 aromatic heterocycles. The second kappa shape index (κ2) is 13.9. The zero-order chi connectivity index (χ0) is 29.1. The minimum absolute atomic E-state index is 0.0718. The Labute approximate surface area is 229 Å². The van der Waals surface area contributed by atoms with Crippen LogP contribution in [0.1, 0.15) is 55.3 Å². The average Bonchev–Trinajstić information content (AvgIpc) is 2.98. The van der Waals surface area contributed by atoms with Crippen molar-refractivity contribution in [1.82, 2.24) is 30.6 Å². The predicted octanol–water partition coefficient (Wildman–Crippen LogP) is 3.18. The van der Waals surface area contributed by atoms with Crippen molar-refractivity contribution < 1.29 is 29.4 Å². The molecule has 0 bridgehead atoms. The number of pyridine rings is 4. The van der Waals surface area contributed by atoms with E-state index in [-0.39, 0.29) is 22.9 Å². The lowest BCUT2D eigenvalue weighted by Gasteiger charge is -2.06. The fourth-order valence-electron chi connectivity index (χ4n) is 3.36. The van der Waals surface area contributed by atoms with Crippen LogP contribution in [-0.2, 0) is 0 Å². The molecule has 0 aliphatic heterocycles. The van der Waals surface area contributed by atoms with Crippen LogP contribution in [0.5, 0.6) is 0 Å². The van der Waals surface area contributed by atoms with E-state index in [9.17, 15) is 19.2 Å². The van der Waals surface area contributed by atoms with Crippen LogP contribution < -0.4 is 10.6 Å². The normalized spacial score (nSPS) is 10.1. The molecule has 4 heterocycles. The number of carboxylic acids is 2. The van der Waals surface area contributed by atoms with Crippen molar-refractivity contribution in [3.63, 3.8) is 0 Å². The predicted molar refractivity (Wildman–Crippen MR) is 145 cm³/mol. The van der Waals surface area contributed by atoms with E-state index in [2.05, 4.69) is 30.6 Å². The number of hydrogen-bond acceptors (Lipinski definition) is 8. The van der Waals surface area contributed by atoms with Crippen molar-refractivity contribution in [2.75, 3.05) is 13.1 Å². The summed E-state index contributed by atoms with van der Waals surface area (Å²) in [5.74, 6) is -2.47. The number of rotatable bonds is 8. The molecule has 204 valence electrons. The number of aromatic nitrogens is 4. The third-order valence-corrected chi connectivity index (χ3v) is 5.26. The van der Waals surface area contributed by atoms with E-state index in [0.29, 0.717) is 47.0 Å². The van der Waals surface area contributed by atoms with Crippen molar-refractivity contribution in [2.24, 2.45) is 0 Å². The Balaban J connectivity index is 0.000000225. The maximum Gasteiger partial charge on any atom is 0.335 e. The van der Waals surface area contributed by atoms with Crippen LogP contribution in [0.25, 0.3) is 22.8 Å². The fraction of sp³-hybridized carbons (Fsp3) is 0.143. The highest BCUT2D eigenvalue weighted by Gasteiger charge is 2.11. The smallest absolute Gasteiger partial charge is 0.335 e. The van der Waals surface area contributed by atoms with Crippen LogP contribution >= 0.6 is 0 Å². The van der Waals surface area contributed by atoms with E-state index in [4.69, 9.17) is 10.2 Å². The molecule has 0 atom stereocenters. The van der Waals surface area contributed by atoms with E-state index in [1.165, 1.54) is 36.7 Å². The van der Waals surface area contributed by atoms with Crippen LogP contribution in [0.15, 0.2) is 73.3 Å². The van der Waals surface area contributed by atoms with Crippen molar-refractivity contribution in [2.45, 2.75) is 13.8 Å². The Morgan fingerprint density at radius 2 is 0.825 bits per heavy atom. The molecule has 2 amide bonds. The Morgan fingerprint density at radius 1 is 0.550 bits per heavy atom. The maximum atomic E-state index is 11.9. The second-order valence-corrected chi connectivity index (χ2v) is 8.05. The molecule has 0 aromatic carbocycles. The summed E-state index contributed by atoms with van der Waals surface area (Å²) in [5.41, 5.74) is 2.90. The van der Waals surface area contributed by atoms with E-state index in [1.807, 2.05) is 13.8 Å². The molecule has 0 spiro atoms. The molecule has 40 heavy (non-hydrogen) atoms. The van der Waals surface area contributed by atoms with Crippen molar-refractivity contribution in [3.8, 4) is 22.8 Å². The number of carbonyl (C=O) groups excluding carboxylic acids is 2. The highest BCUT2D eigenvalue weighted by atomic mass is 16.4. The molecule has 0 unspecified atom stereocenters. The molecule has 0 saturated carbocycles. The van der Waals surface area contributed by atoms with Crippen molar-refractivity contribution in [3.05, 3.63) is 95.6 Å². The summed E-state index contributed by atoms with van der Waals surface area (Å²) in [6.07, 6.45) is 5.79. The second-order valence-electron chi connectivity index (χ2n) is 8.05. The van der Waals surface area contributed by atoms with Gasteiger partial charge in [0, 0.05) is 49.0 Å². The van der Waals surface area contributed by atoms with Gasteiger partial charge in [-0.1, -0.05) is 0 Å². The molecule has 0 aliphatic carbocycles. The van der Waals surface area contributed by atoms with E-state index in [0.717, 1.165) is 0 Å². The maximum absolute atomic E-state index is 11.9. The number of carbonyl (C=O) groups is 4. The highest BCUT2D eigenvalue weighted by molar-refractivity contribution is 5.96. The number of hydrogen-bond donors (Lipinski definition) is 4. The summed E-state index contributed by atoms with van der Waals surface area (Å²) in [4.78, 5) is 61.8. The summed E-state index contributed by atoms with van der Waals surface area (Å²) in [6, 6.07) is 12.0. The van der Waals surface area contributed by atoms with Gasteiger partial charge in [0.2, 0.25) is 0 Å². The average molecular weight is 543 g/mol. The third kappa shape index (κ3) is 7.74. The number of carboxylic acid groups (broad SMARTS) is 2. The van der Waals surface area contributed by atoms with Crippen molar-refractivity contribution >= 4 is 23.8 Å². The van der Waals surface area contributed by atoms with Crippen LogP contribution in [0, 0.1) is 0 Å². The van der Waals surface area contributed by atoms with E-state index < -0.39 is 11.9 Å². The van der Waals surface area contributed by atoms with Crippen LogP contribution in [0.4, 0.5) is 0 Å². The minimum atomic E-state index is -1.08. The van der Waals surface area contributed by atoms with Gasteiger partial charge in [0.15, 0.2) is 0 Å². The summed E-state index contributed by atoms with van der Waals surface area (Å²) >= 11 is 0. The number of amides is 2. The Kier molecular flexibility index (Phi) is 10.1. The number of aromatic carboxylic acids is 2. The first-order valence-corrected chi connectivity index (χ1v) is 12.1. The van der Waals surface area contributed by atoms with Gasteiger partial charge in [0.1, 0.15) is 0 Å². The zero-order valence-corrected chi connectivity index (χ0v) is 21.7. The van der Waals surface area contributed by atoms with Crippen LogP contribution in [0.2, 0.25) is 0 Å². The summed E-state index contributed by atoms with van der Waals surface area (Å²) in [7, 11) is 0. The largest absolute Gasteiger partial charge is 0.478 e. The van der Waals surface area contributed by atoms with Gasteiger partial charge in [-0.3, -0.25) is 29.5 Å². The van der Waals surface area contributed by atoms with Gasteiger partial charge in [0.05, 0.1) is 33.9 Å². The first kappa shape index (κ1) is 29.0. The van der Waals surface area contributed by atoms with Gasteiger partial charge in [-0.25, -0.2) is 9.59 Å². The molecule has 4 aromatic rings. The molecule has 4 N–H and O–H groups in total. The number of nitrogens with zero attached hydrogens (tertiary/aromatic N) is 4. The Bertz CT molecular complexity index is 1430. The van der Waals surface area contributed by atoms with Gasteiger partial charge in [-0.05, 0) is 62.4 Å². The Morgan fingerprint density at radius 3 is 1.10 bits per heavy atom. The molecule has 4 rings (SSSR count). The molecule has 0 saturated heterocycles. The van der Waals surface area contributed by atoms with Crippen LogP contribution in [-0.4, -0.2) is 67.0 Å². The molecule has 0 aliphatic rings. The van der Waals surface area contributed by atoms with Crippen LogP contribution in [0.3, 0.4) is 0 Å². The van der Waals surface area contributed by atoms with E-state index in [1.54, 1.807) is 36.7 Å². The molecular weight excluding hydrogens is 516 g/mol. The summed E-state index contributed by atoms with van der Waals surface area (Å²) in [5, 5.41) is 23.2. The van der Waals surface area contributed by atoms with Gasteiger partial charge in [-0.15, -0.1) is 0 Å². The first-order chi connectivity index (χ1) is 19.2. The quantitative estimate of drug-likeness (QED) is 0.258. The Hall–Kier alpha value is -5.52. The topological polar surface area (TPSA) is 184 Å². The third-order valence-electron chi connectivity index (χ3n) is 5.26. The number of nitrogens with one attached hydrogen (secondary N) is 2. The molecule has 0 fully saturated rings. The molecule has 12 nitrogen and oxygen atoms in total. The lowest BCUT2D eigenvalue weighted by molar-refractivity contribution is 0.0686. The standard InChI is InChI=1S/C16H18N4O2.C12H8N2O4/c1-3-17-15(21)11-5-7-19-13(9-11)14-10-12(6-8-20-14)16(22)18-4-2;15-11(16)7-1-3-13-9(5-7)10-6-8(12(17)18)2-4-14-10/h5-10H,3-4H2,1-2H3,(H,17,21)(H,18,22);1-6H,(H,15,16)(H,17,18). The van der Waals surface area contributed by atoms with Gasteiger partial charge in [0.25, 0.3) is 11.8 Å². The zero-order valence-electron chi connectivity index (χ0n) is 21.7. The molecule has 0 radical (unpaired) electrons. The lowest BCUT2D eigenvalue weighted by atomic mass is 10.1. The summed E-state index contributed by atoms with van der Waals surface area (Å²) in [6.45, 7) is 4.83. The summed E-state index contributed by atoms with van der Waals surface area (Å²) < 4.78 is 0. The van der Waals surface area contributed by atoms with Gasteiger partial charge in [-0.2, -0.15) is 0 Å². The van der Waals surface area contributed by atoms with E-state index >= 15 is 0 Å². The minimum Gasteiger partial charge on any atom is -0.478 e. The fourth-order valence-corrected chi connectivity index (χ4v) is 3.36.